The molecular formula is C14H15Cl2N3S. The first-order chi connectivity index (χ1) is 9.63. The van der Waals surface area contributed by atoms with Crippen LogP contribution >= 0.6 is 35.0 Å². The van der Waals surface area contributed by atoms with Crippen molar-refractivity contribution in [3.05, 3.63) is 40.4 Å². The zero-order valence-electron chi connectivity index (χ0n) is 11.2. The molecular weight excluding hydrogens is 313 g/mol. The van der Waals surface area contributed by atoms with E-state index in [2.05, 4.69) is 21.7 Å². The molecule has 0 saturated heterocycles. The number of benzene rings is 1. The molecule has 0 radical (unpaired) electrons. The molecule has 1 aromatic carbocycles. The highest BCUT2D eigenvalue weighted by atomic mass is 35.5. The third-order valence-electron chi connectivity index (χ3n) is 2.61. The molecule has 3 nitrogen and oxygen atoms in total. The first-order valence-corrected chi connectivity index (χ1v) is 8.13. The molecule has 6 heteroatoms. The van der Waals surface area contributed by atoms with E-state index in [0.29, 0.717) is 21.7 Å². The van der Waals surface area contributed by atoms with Crippen LogP contribution in [0.15, 0.2) is 35.2 Å². The number of nitrogens with one attached hydrogen (secondary N) is 2. The summed E-state index contributed by atoms with van der Waals surface area (Å²) in [5, 5.41) is 7.33. The van der Waals surface area contributed by atoms with Gasteiger partial charge in [0.1, 0.15) is 5.82 Å². The van der Waals surface area contributed by atoms with Gasteiger partial charge in [-0.15, -0.1) is 11.8 Å². The van der Waals surface area contributed by atoms with Gasteiger partial charge in [0.2, 0.25) is 0 Å². The second-order valence-electron chi connectivity index (χ2n) is 4.04. The lowest BCUT2D eigenvalue weighted by Crippen LogP contribution is -2.03. The Balaban J connectivity index is 2.30. The molecule has 0 unspecified atom stereocenters. The van der Waals surface area contributed by atoms with Crippen molar-refractivity contribution in [1.82, 2.24) is 4.98 Å². The zero-order chi connectivity index (χ0) is 14.5. The maximum atomic E-state index is 6.18. The van der Waals surface area contributed by atoms with E-state index >= 15 is 0 Å². The molecule has 0 aliphatic heterocycles. The highest BCUT2D eigenvalue weighted by Crippen LogP contribution is 2.31. The SMILES string of the molecule is CCNc1nc(Nc2cccc(SC)c2)c(Cl)cc1Cl. The van der Waals surface area contributed by atoms with Crippen LogP contribution in [0.5, 0.6) is 0 Å². The van der Waals surface area contributed by atoms with Gasteiger partial charge >= 0.3 is 0 Å². The van der Waals surface area contributed by atoms with Crippen LogP contribution in [0, 0.1) is 0 Å². The number of hydrogen-bond acceptors (Lipinski definition) is 4. The second-order valence-corrected chi connectivity index (χ2v) is 5.73. The minimum absolute atomic E-state index is 0.492. The van der Waals surface area contributed by atoms with Crippen molar-refractivity contribution in [2.45, 2.75) is 11.8 Å². The average Bonchev–Trinajstić information content (AvgIpc) is 2.44. The summed E-state index contributed by atoms with van der Waals surface area (Å²) in [6.45, 7) is 2.73. The van der Waals surface area contributed by atoms with E-state index in [1.165, 1.54) is 4.90 Å². The van der Waals surface area contributed by atoms with E-state index in [1.54, 1.807) is 17.8 Å². The Morgan fingerprint density at radius 2 is 1.90 bits per heavy atom. The molecule has 0 spiro atoms. The molecule has 0 aliphatic carbocycles. The molecule has 0 aliphatic rings. The Kier molecular flexibility index (Phi) is 5.40. The first-order valence-electron chi connectivity index (χ1n) is 6.15. The zero-order valence-corrected chi connectivity index (χ0v) is 13.5. The van der Waals surface area contributed by atoms with E-state index < -0.39 is 0 Å². The normalized spacial score (nSPS) is 10.4. The molecule has 0 amide bonds. The number of thioether (sulfide) groups is 1. The van der Waals surface area contributed by atoms with Crippen LogP contribution in [-0.2, 0) is 0 Å². The molecule has 1 heterocycles. The van der Waals surface area contributed by atoms with Crippen LogP contribution in [0.2, 0.25) is 10.0 Å². The topological polar surface area (TPSA) is 37.0 Å². The lowest BCUT2D eigenvalue weighted by molar-refractivity contribution is 1.16. The van der Waals surface area contributed by atoms with Crippen molar-refractivity contribution in [3.63, 3.8) is 0 Å². The van der Waals surface area contributed by atoms with Crippen LogP contribution in [0.4, 0.5) is 17.3 Å². The minimum Gasteiger partial charge on any atom is -0.369 e. The standard InChI is InChI=1S/C14H15Cl2N3S/c1-3-17-13-11(15)8-12(16)14(19-13)18-9-5-4-6-10(7-9)20-2/h4-8H,3H2,1-2H3,(H2,17,18,19). The quantitative estimate of drug-likeness (QED) is 0.732. The summed E-state index contributed by atoms with van der Waals surface area (Å²) in [5.74, 6) is 1.22. The van der Waals surface area contributed by atoms with Crippen LogP contribution in [0.25, 0.3) is 0 Å². The minimum atomic E-state index is 0.492. The van der Waals surface area contributed by atoms with Crippen molar-refractivity contribution in [2.24, 2.45) is 0 Å². The summed E-state index contributed by atoms with van der Waals surface area (Å²) < 4.78 is 0. The van der Waals surface area contributed by atoms with Gasteiger partial charge in [-0.05, 0) is 37.4 Å². The van der Waals surface area contributed by atoms with Gasteiger partial charge in [-0.3, -0.25) is 0 Å². The van der Waals surface area contributed by atoms with Crippen LogP contribution in [0.1, 0.15) is 6.92 Å². The van der Waals surface area contributed by atoms with Gasteiger partial charge in [0.15, 0.2) is 5.82 Å². The molecule has 106 valence electrons. The second kappa shape index (κ2) is 7.07. The summed E-state index contributed by atoms with van der Waals surface area (Å²) in [6, 6.07) is 9.75. The maximum Gasteiger partial charge on any atom is 0.151 e. The molecule has 2 rings (SSSR count). The third kappa shape index (κ3) is 3.72. The maximum absolute atomic E-state index is 6.18. The predicted octanol–water partition coefficient (Wildman–Crippen LogP) is 5.29. The van der Waals surface area contributed by atoms with Gasteiger partial charge in [-0.2, -0.15) is 0 Å². The van der Waals surface area contributed by atoms with E-state index in [4.69, 9.17) is 23.2 Å². The summed E-state index contributed by atoms with van der Waals surface area (Å²) in [4.78, 5) is 5.59. The van der Waals surface area contributed by atoms with Crippen molar-refractivity contribution in [1.29, 1.82) is 0 Å². The highest BCUT2D eigenvalue weighted by molar-refractivity contribution is 7.98. The van der Waals surface area contributed by atoms with Gasteiger partial charge < -0.3 is 10.6 Å². The molecule has 0 saturated carbocycles. The number of nitrogens with zero attached hydrogens (tertiary/aromatic N) is 1. The van der Waals surface area contributed by atoms with Crippen molar-refractivity contribution in [2.75, 3.05) is 23.4 Å². The van der Waals surface area contributed by atoms with Crippen LogP contribution < -0.4 is 10.6 Å². The van der Waals surface area contributed by atoms with Gasteiger partial charge in [0, 0.05) is 17.1 Å². The smallest absolute Gasteiger partial charge is 0.151 e. The monoisotopic (exact) mass is 327 g/mol. The third-order valence-corrected chi connectivity index (χ3v) is 3.91. The number of halogens is 2. The van der Waals surface area contributed by atoms with E-state index in [1.807, 2.05) is 31.4 Å². The average molecular weight is 328 g/mol. The van der Waals surface area contributed by atoms with Crippen LogP contribution in [0.3, 0.4) is 0 Å². The lowest BCUT2D eigenvalue weighted by Gasteiger charge is -2.12. The highest BCUT2D eigenvalue weighted by Gasteiger charge is 2.09. The van der Waals surface area contributed by atoms with E-state index in [-0.39, 0.29) is 0 Å². The van der Waals surface area contributed by atoms with Crippen molar-refractivity contribution >= 4 is 52.3 Å². The van der Waals surface area contributed by atoms with Gasteiger partial charge in [-0.1, -0.05) is 29.3 Å². The number of rotatable bonds is 5. The first kappa shape index (κ1) is 15.3. The molecule has 1 aromatic heterocycles. The molecule has 0 fully saturated rings. The Labute approximate surface area is 133 Å². The molecule has 2 N–H and O–H groups in total. The lowest BCUT2D eigenvalue weighted by atomic mass is 10.3. The van der Waals surface area contributed by atoms with E-state index in [9.17, 15) is 0 Å². The fraction of sp³-hybridized carbons (Fsp3) is 0.214. The fourth-order valence-electron chi connectivity index (χ4n) is 1.68. The molecule has 20 heavy (non-hydrogen) atoms. The number of anilines is 3. The number of aromatic nitrogens is 1. The van der Waals surface area contributed by atoms with Gasteiger partial charge in [0.05, 0.1) is 10.0 Å². The fourth-order valence-corrected chi connectivity index (χ4v) is 2.62. The summed E-state index contributed by atoms with van der Waals surface area (Å²) in [5.41, 5.74) is 0.941. The molecule has 0 atom stereocenters. The number of hydrogen-bond donors (Lipinski definition) is 2. The Morgan fingerprint density at radius 3 is 2.60 bits per heavy atom. The summed E-state index contributed by atoms with van der Waals surface area (Å²) in [7, 11) is 0. The Hall–Kier alpha value is -1.10. The predicted molar refractivity (Wildman–Crippen MR) is 89.9 cm³/mol. The van der Waals surface area contributed by atoms with E-state index in [0.717, 1.165) is 12.2 Å². The van der Waals surface area contributed by atoms with Crippen LogP contribution in [-0.4, -0.2) is 17.8 Å². The summed E-state index contributed by atoms with van der Waals surface area (Å²) in [6.07, 6.45) is 2.04. The van der Waals surface area contributed by atoms with Gasteiger partial charge in [0.25, 0.3) is 0 Å². The largest absolute Gasteiger partial charge is 0.369 e. The Bertz CT molecular complexity index is 605. The summed E-state index contributed by atoms with van der Waals surface area (Å²) >= 11 is 14.0. The number of pyridine rings is 1. The van der Waals surface area contributed by atoms with Crippen molar-refractivity contribution in [3.8, 4) is 0 Å². The molecule has 0 bridgehead atoms. The van der Waals surface area contributed by atoms with Crippen molar-refractivity contribution < 1.29 is 0 Å². The molecule has 2 aromatic rings. The van der Waals surface area contributed by atoms with Gasteiger partial charge in [-0.25, -0.2) is 4.98 Å². The Morgan fingerprint density at radius 1 is 1.15 bits per heavy atom.